The molecule has 17 heavy (non-hydrogen) atoms. The summed E-state index contributed by atoms with van der Waals surface area (Å²) in [4.78, 5) is 2.49. The first-order valence-electron chi connectivity index (χ1n) is 7.20. The Hall–Kier alpha value is -0.120. The first-order chi connectivity index (χ1) is 8.04. The minimum Gasteiger partial charge on any atom is -0.393 e. The summed E-state index contributed by atoms with van der Waals surface area (Å²) < 4.78 is 0. The van der Waals surface area contributed by atoms with Gasteiger partial charge in [-0.05, 0) is 43.4 Å². The lowest BCUT2D eigenvalue weighted by Gasteiger charge is -2.38. The van der Waals surface area contributed by atoms with Crippen LogP contribution in [-0.2, 0) is 0 Å². The second-order valence-corrected chi connectivity index (χ2v) is 6.61. The Morgan fingerprint density at radius 3 is 2.59 bits per heavy atom. The van der Waals surface area contributed by atoms with E-state index in [9.17, 15) is 5.11 Å². The van der Waals surface area contributed by atoms with E-state index in [1.807, 2.05) is 0 Å². The van der Waals surface area contributed by atoms with Gasteiger partial charge in [-0.3, -0.25) is 0 Å². The molecule has 1 aliphatic heterocycles. The van der Waals surface area contributed by atoms with Crippen molar-refractivity contribution >= 4 is 0 Å². The molecule has 0 spiro atoms. The number of hydrogen-bond acceptors (Lipinski definition) is 3. The maximum Gasteiger partial charge on any atom is 0.0571 e. The summed E-state index contributed by atoms with van der Waals surface area (Å²) >= 11 is 0. The van der Waals surface area contributed by atoms with Crippen molar-refractivity contribution in [2.45, 2.75) is 51.7 Å². The minimum absolute atomic E-state index is 0.0637. The van der Waals surface area contributed by atoms with Gasteiger partial charge in [0.2, 0.25) is 0 Å². The zero-order valence-corrected chi connectivity index (χ0v) is 11.3. The van der Waals surface area contributed by atoms with E-state index < -0.39 is 0 Å². The van der Waals surface area contributed by atoms with Crippen molar-refractivity contribution in [1.82, 2.24) is 4.90 Å². The summed E-state index contributed by atoms with van der Waals surface area (Å²) in [6.45, 7) is 7.83. The van der Waals surface area contributed by atoms with Crippen LogP contribution < -0.4 is 5.73 Å². The van der Waals surface area contributed by atoms with Crippen LogP contribution in [0.25, 0.3) is 0 Å². The molecule has 0 aromatic heterocycles. The molecule has 0 bridgehead atoms. The van der Waals surface area contributed by atoms with Gasteiger partial charge < -0.3 is 15.7 Å². The molecule has 3 unspecified atom stereocenters. The zero-order chi connectivity index (χ0) is 12.4. The van der Waals surface area contributed by atoms with Gasteiger partial charge in [-0.15, -0.1) is 0 Å². The molecule has 0 amide bonds. The second kappa shape index (κ2) is 5.68. The van der Waals surface area contributed by atoms with Crippen LogP contribution in [-0.4, -0.2) is 41.8 Å². The van der Waals surface area contributed by atoms with Crippen LogP contribution in [0.1, 0.15) is 39.5 Å². The van der Waals surface area contributed by atoms with Crippen molar-refractivity contribution in [3.05, 3.63) is 0 Å². The molecule has 2 fully saturated rings. The Labute approximate surface area is 105 Å². The zero-order valence-electron chi connectivity index (χ0n) is 11.3. The fraction of sp³-hybridized carbons (Fsp3) is 1.00. The molecule has 0 aromatic carbocycles. The van der Waals surface area contributed by atoms with Crippen LogP contribution in [0, 0.1) is 17.8 Å². The maximum atomic E-state index is 10.0. The third-order valence-electron chi connectivity index (χ3n) is 4.01. The highest BCUT2D eigenvalue weighted by molar-refractivity contribution is 4.87. The third kappa shape index (κ3) is 4.23. The van der Waals surface area contributed by atoms with Gasteiger partial charge in [0.05, 0.1) is 6.10 Å². The highest BCUT2D eigenvalue weighted by Crippen LogP contribution is 2.36. The Morgan fingerprint density at radius 2 is 2.00 bits per heavy atom. The van der Waals surface area contributed by atoms with Gasteiger partial charge in [0.1, 0.15) is 0 Å². The summed E-state index contributed by atoms with van der Waals surface area (Å²) in [5, 5.41) is 10.0. The van der Waals surface area contributed by atoms with Gasteiger partial charge in [-0.2, -0.15) is 0 Å². The van der Waals surface area contributed by atoms with Crippen molar-refractivity contribution in [3.8, 4) is 0 Å². The molecule has 0 radical (unpaired) electrons. The first kappa shape index (κ1) is 13.3. The summed E-state index contributed by atoms with van der Waals surface area (Å²) in [7, 11) is 0. The van der Waals surface area contributed by atoms with Crippen LogP contribution in [0.4, 0.5) is 0 Å². The first-order valence-corrected chi connectivity index (χ1v) is 7.20. The molecule has 3 nitrogen and oxygen atoms in total. The smallest absolute Gasteiger partial charge is 0.0571 e. The van der Waals surface area contributed by atoms with Crippen molar-refractivity contribution in [2.75, 3.05) is 19.6 Å². The molecular formula is C14H28N2O. The lowest BCUT2D eigenvalue weighted by molar-refractivity contribution is 0.0765. The number of rotatable bonds is 5. The van der Waals surface area contributed by atoms with Crippen molar-refractivity contribution < 1.29 is 5.11 Å². The Bertz CT molecular complexity index is 238. The van der Waals surface area contributed by atoms with E-state index in [0.717, 1.165) is 32.5 Å². The van der Waals surface area contributed by atoms with Crippen LogP contribution in [0.3, 0.4) is 0 Å². The minimum atomic E-state index is -0.0637. The molecule has 0 aromatic rings. The number of nitrogens with zero attached hydrogens (tertiary/aromatic N) is 1. The Morgan fingerprint density at radius 1 is 1.29 bits per heavy atom. The second-order valence-electron chi connectivity index (χ2n) is 6.61. The van der Waals surface area contributed by atoms with Crippen LogP contribution in [0.2, 0.25) is 0 Å². The molecule has 1 heterocycles. The molecule has 1 saturated carbocycles. The SMILES string of the molecule is CC(C)CN1CC(N)CC(CC(O)C2CC2)C1. The number of hydrogen-bond donors (Lipinski definition) is 2. The highest BCUT2D eigenvalue weighted by atomic mass is 16.3. The molecule has 1 saturated heterocycles. The molecular weight excluding hydrogens is 212 g/mol. The standard InChI is InChI=1S/C14H28N2O/c1-10(2)7-16-8-11(5-13(15)9-16)6-14(17)12-3-4-12/h10-14,17H,3-9,15H2,1-2H3. The van der Waals surface area contributed by atoms with E-state index in [0.29, 0.717) is 23.8 Å². The van der Waals surface area contributed by atoms with Crippen LogP contribution in [0.15, 0.2) is 0 Å². The fourth-order valence-electron chi connectivity index (χ4n) is 3.20. The number of aliphatic hydroxyl groups is 1. The van der Waals surface area contributed by atoms with E-state index in [1.54, 1.807) is 0 Å². The number of aliphatic hydroxyl groups excluding tert-OH is 1. The largest absolute Gasteiger partial charge is 0.393 e. The molecule has 100 valence electrons. The molecule has 3 N–H and O–H groups in total. The van der Waals surface area contributed by atoms with E-state index in [1.165, 1.54) is 12.8 Å². The predicted octanol–water partition coefficient (Wildman–Crippen LogP) is 1.45. The van der Waals surface area contributed by atoms with Crippen molar-refractivity contribution in [3.63, 3.8) is 0 Å². The van der Waals surface area contributed by atoms with E-state index >= 15 is 0 Å². The van der Waals surface area contributed by atoms with E-state index in [-0.39, 0.29) is 6.10 Å². The average molecular weight is 240 g/mol. The number of piperidine rings is 1. The molecule has 2 aliphatic rings. The van der Waals surface area contributed by atoms with Crippen molar-refractivity contribution in [1.29, 1.82) is 0 Å². The summed E-state index contributed by atoms with van der Waals surface area (Å²) in [6.07, 6.45) is 4.46. The molecule has 1 aliphatic carbocycles. The topological polar surface area (TPSA) is 49.5 Å². The number of likely N-dealkylation sites (tertiary alicyclic amines) is 1. The van der Waals surface area contributed by atoms with E-state index in [4.69, 9.17) is 5.73 Å². The quantitative estimate of drug-likeness (QED) is 0.765. The predicted molar refractivity (Wildman–Crippen MR) is 70.7 cm³/mol. The monoisotopic (exact) mass is 240 g/mol. The summed E-state index contributed by atoms with van der Waals surface area (Å²) in [6, 6.07) is 0.305. The van der Waals surface area contributed by atoms with Gasteiger partial charge >= 0.3 is 0 Å². The van der Waals surface area contributed by atoms with Crippen LogP contribution >= 0.6 is 0 Å². The number of nitrogens with two attached hydrogens (primary N) is 1. The van der Waals surface area contributed by atoms with Gasteiger partial charge in [0.25, 0.3) is 0 Å². The summed E-state index contributed by atoms with van der Waals surface area (Å²) in [5.41, 5.74) is 6.14. The lowest BCUT2D eigenvalue weighted by atomic mass is 9.88. The average Bonchev–Trinajstić information content (AvgIpc) is 2.97. The van der Waals surface area contributed by atoms with Gasteiger partial charge in [-0.1, -0.05) is 13.8 Å². The summed E-state index contributed by atoms with van der Waals surface area (Å²) in [5.74, 6) is 1.91. The fourth-order valence-corrected chi connectivity index (χ4v) is 3.20. The van der Waals surface area contributed by atoms with E-state index in [2.05, 4.69) is 18.7 Å². The highest BCUT2D eigenvalue weighted by Gasteiger charge is 2.33. The Kier molecular flexibility index (Phi) is 4.45. The maximum absolute atomic E-state index is 10.0. The van der Waals surface area contributed by atoms with Crippen molar-refractivity contribution in [2.24, 2.45) is 23.5 Å². The molecule has 3 heteroatoms. The van der Waals surface area contributed by atoms with Gasteiger partial charge in [0, 0.05) is 25.7 Å². The Balaban J connectivity index is 1.80. The third-order valence-corrected chi connectivity index (χ3v) is 4.01. The normalized spacial score (nSPS) is 33.0. The molecule has 2 rings (SSSR count). The molecule has 3 atom stereocenters. The van der Waals surface area contributed by atoms with Crippen LogP contribution in [0.5, 0.6) is 0 Å². The van der Waals surface area contributed by atoms with Gasteiger partial charge in [0.15, 0.2) is 0 Å². The van der Waals surface area contributed by atoms with Gasteiger partial charge in [-0.25, -0.2) is 0 Å². The lowest BCUT2D eigenvalue weighted by Crippen LogP contribution is -2.48.